The highest BCUT2D eigenvalue weighted by Crippen LogP contribution is 2.28. The maximum absolute atomic E-state index is 10.9. The van der Waals surface area contributed by atoms with Crippen LogP contribution in [0.25, 0.3) is 11.6 Å². The second-order valence-corrected chi connectivity index (χ2v) is 6.43. The van der Waals surface area contributed by atoms with Crippen LogP contribution in [-0.4, -0.2) is 27.9 Å². The molecule has 140 valence electrons. The number of ether oxygens (including phenoxy) is 2. The van der Waals surface area contributed by atoms with Crippen LogP contribution < -0.4 is 4.74 Å². The molecule has 0 atom stereocenters. The molecule has 0 fully saturated rings. The first kappa shape index (κ1) is 18.7. The van der Waals surface area contributed by atoms with Gasteiger partial charge >= 0.3 is 5.09 Å². The fourth-order valence-electron chi connectivity index (χ4n) is 2.14. The average Bonchev–Trinajstić information content (AvgIpc) is 3.35. The number of hydrogen-bond donors (Lipinski definition) is 0. The third-order valence-corrected chi connectivity index (χ3v) is 4.37. The second-order valence-electron chi connectivity index (χ2n) is 5.05. The summed E-state index contributed by atoms with van der Waals surface area (Å²) in [5.74, 6) is 0.770. The van der Waals surface area contributed by atoms with E-state index in [0.717, 1.165) is 0 Å². The fraction of sp³-hybridized carbons (Fsp3) is 0.118. The van der Waals surface area contributed by atoms with E-state index in [4.69, 9.17) is 25.9 Å². The summed E-state index contributed by atoms with van der Waals surface area (Å²) in [7, 11) is 0. The molecule has 27 heavy (non-hydrogen) atoms. The van der Waals surface area contributed by atoms with Crippen LogP contribution in [0.1, 0.15) is 4.88 Å². The van der Waals surface area contributed by atoms with Gasteiger partial charge in [0.2, 0.25) is 5.88 Å². The van der Waals surface area contributed by atoms with Crippen LogP contribution >= 0.6 is 22.9 Å². The SMILES string of the molecule is O=[N+]([O-])O/C(=C(/OCCOc1ccc(Cl)cc1)c1cccs1)n1ccnc1. The minimum Gasteiger partial charge on any atom is -0.490 e. The molecule has 0 aliphatic rings. The van der Waals surface area contributed by atoms with Gasteiger partial charge in [-0.3, -0.25) is 9.40 Å². The first-order chi connectivity index (χ1) is 13.1. The van der Waals surface area contributed by atoms with E-state index >= 15 is 0 Å². The Hall–Kier alpha value is -3.04. The lowest BCUT2D eigenvalue weighted by molar-refractivity contribution is -0.731. The lowest BCUT2D eigenvalue weighted by Crippen LogP contribution is -2.12. The van der Waals surface area contributed by atoms with Crippen LogP contribution in [-0.2, 0) is 9.57 Å². The van der Waals surface area contributed by atoms with Gasteiger partial charge in [-0.2, -0.15) is 0 Å². The number of aromatic nitrogens is 2. The van der Waals surface area contributed by atoms with Crippen LogP contribution in [0.2, 0.25) is 5.02 Å². The molecule has 3 rings (SSSR count). The van der Waals surface area contributed by atoms with Gasteiger partial charge in [-0.25, -0.2) is 4.98 Å². The maximum atomic E-state index is 10.9. The third-order valence-electron chi connectivity index (χ3n) is 3.25. The number of rotatable bonds is 9. The van der Waals surface area contributed by atoms with E-state index < -0.39 is 5.09 Å². The molecule has 8 nitrogen and oxygen atoms in total. The zero-order valence-corrected chi connectivity index (χ0v) is 15.4. The Morgan fingerprint density at radius 3 is 2.70 bits per heavy atom. The monoisotopic (exact) mass is 407 g/mol. The molecular weight excluding hydrogens is 394 g/mol. The Morgan fingerprint density at radius 1 is 1.26 bits per heavy atom. The van der Waals surface area contributed by atoms with Crippen molar-refractivity contribution in [2.45, 2.75) is 0 Å². The summed E-state index contributed by atoms with van der Waals surface area (Å²) in [5.41, 5.74) is 0. The summed E-state index contributed by atoms with van der Waals surface area (Å²) < 4.78 is 12.7. The number of halogens is 1. The van der Waals surface area contributed by atoms with Gasteiger partial charge in [0.25, 0.3) is 0 Å². The Balaban J connectivity index is 1.76. The minimum atomic E-state index is -0.892. The van der Waals surface area contributed by atoms with Crippen LogP contribution in [0.5, 0.6) is 5.75 Å². The van der Waals surface area contributed by atoms with Gasteiger partial charge in [0.15, 0.2) is 5.76 Å². The zero-order valence-electron chi connectivity index (χ0n) is 13.9. The smallest absolute Gasteiger partial charge is 0.301 e. The van der Waals surface area contributed by atoms with Crippen molar-refractivity contribution in [3.8, 4) is 5.75 Å². The fourth-order valence-corrected chi connectivity index (χ4v) is 2.98. The van der Waals surface area contributed by atoms with Crippen LogP contribution in [0, 0.1) is 10.1 Å². The Labute approximate surface area is 163 Å². The second kappa shape index (κ2) is 9.06. The molecule has 0 aliphatic heterocycles. The lowest BCUT2D eigenvalue weighted by atomic mass is 10.3. The number of nitrogens with zero attached hydrogens (tertiary/aromatic N) is 3. The van der Waals surface area contributed by atoms with Crippen molar-refractivity contribution >= 4 is 34.6 Å². The Morgan fingerprint density at radius 2 is 2.07 bits per heavy atom. The van der Waals surface area contributed by atoms with E-state index in [-0.39, 0.29) is 24.9 Å². The normalized spacial score (nSPS) is 11.6. The molecule has 1 aromatic carbocycles. The highest BCUT2D eigenvalue weighted by Gasteiger charge is 2.18. The molecule has 0 saturated carbocycles. The van der Waals surface area contributed by atoms with Gasteiger partial charge in [-0.05, 0) is 35.7 Å². The van der Waals surface area contributed by atoms with Crippen molar-refractivity contribution in [2.75, 3.05) is 13.2 Å². The number of imidazole rings is 1. The van der Waals surface area contributed by atoms with E-state index in [2.05, 4.69) is 4.98 Å². The number of benzene rings is 1. The molecule has 10 heteroatoms. The van der Waals surface area contributed by atoms with Crippen LogP contribution in [0.4, 0.5) is 0 Å². The summed E-state index contributed by atoms with van der Waals surface area (Å²) in [5, 5.41) is 12.5. The number of hydrogen-bond acceptors (Lipinski definition) is 7. The average molecular weight is 408 g/mol. The van der Waals surface area contributed by atoms with Crippen LogP contribution in [0.3, 0.4) is 0 Å². The molecule has 0 amide bonds. The van der Waals surface area contributed by atoms with Gasteiger partial charge in [-0.1, -0.05) is 17.7 Å². The molecular formula is C17H14ClN3O5S. The van der Waals surface area contributed by atoms with Gasteiger partial charge in [0.1, 0.15) is 25.3 Å². The van der Waals surface area contributed by atoms with Crippen molar-refractivity contribution in [1.82, 2.24) is 9.55 Å². The molecule has 0 saturated heterocycles. The van der Waals surface area contributed by atoms with Gasteiger partial charge in [-0.15, -0.1) is 21.5 Å². The molecule has 2 heterocycles. The summed E-state index contributed by atoms with van der Waals surface area (Å²) in [6, 6.07) is 10.5. The molecule has 0 bridgehead atoms. The highest BCUT2D eigenvalue weighted by molar-refractivity contribution is 7.11. The predicted molar refractivity (Wildman–Crippen MR) is 101 cm³/mol. The largest absolute Gasteiger partial charge is 0.490 e. The third kappa shape index (κ3) is 5.22. The first-order valence-corrected chi connectivity index (χ1v) is 8.99. The number of thiophene rings is 1. The van der Waals surface area contributed by atoms with Crippen molar-refractivity contribution in [3.63, 3.8) is 0 Å². The molecule has 0 unspecified atom stereocenters. The van der Waals surface area contributed by atoms with Gasteiger partial charge in [0.05, 0.1) is 4.88 Å². The molecule has 0 N–H and O–H groups in total. The van der Waals surface area contributed by atoms with E-state index in [1.165, 1.54) is 34.6 Å². The van der Waals surface area contributed by atoms with Crippen molar-refractivity contribution in [2.24, 2.45) is 0 Å². The topological polar surface area (TPSA) is 88.7 Å². The molecule has 3 aromatic rings. The van der Waals surface area contributed by atoms with Crippen molar-refractivity contribution in [3.05, 3.63) is 80.5 Å². The minimum absolute atomic E-state index is 0.0913. The Kier molecular flexibility index (Phi) is 6.29. The summed E-state index contributed by atoms with van der Waals surface area (Å²) in [6.45, 7) is 0.376. The van der Waals surface area contributed by atoms with Gasteiger partial charge < -0.3 is 9.47 Å². The summed E-state index contributed by atoms with van der Waals surface area (Å²) in [4.78, 5) is 20.3. The summed E-state index contributed by atoms with van der Waals surface area (Å²) >= 11 is 7.20. The molecule has 0 radical (unpaired) electrons. The highest BCUT2D eigenvalue weighted by atomic mass is 35.5. The molecule has 0 aliphatic carbocycles. The van der Waals surface area contributed by atoms with E-state index in [9.17, 15) is 10.1 Å². The van der Waals surface area contributed by atoms with E-state index in [1.54, 1.807) is 30.3 Å². The van der Waals surface area contributed by atoms with Crippen molar-refractivity contribution < 1.29 is 19.4 Å². The zero-order chi connectivity index (χ0) is 19.1. The quantitative estimate of drug-likeness (QED) is 0.229. The standard InChI is InChI=1S/C17H14ClN3O5S/c18-13-3-5-14(6-4-13)24-9-10-25-16(15-2-1-11-27-15)17(26-21(22)23)20-8-7-19-12-20/h1-8,11-12H,9-10H2/b17-16+. The first-order valence-electron chi connectivity index (χ1n) is 7.73. The van der Waals surface area contributed by atoms with Gasteiger partial charge in [0, 0.05) is 17.4 Å². The van der Waals surface area contributed by atoms with Crippen LogP contribution in [0.15, 0.2) is 60.5 Å². The molecule has 2 aromatic heterocycles. The lowest BCUT2D eigenvalue weighted by Gasteiger charge is -2.15. The van der Waals surface area contributed by atoms with E-state index in [0.29, 0.717) is 15.6 Å². The predicted octanol–water partition coefficient (Wildman–Crippen LogP) is 4.19. The van der Waals surface area contributed by atoms with E-state index in [1.807, 2.05) is 11.4 Å². The molecule has 0 spiro atoms. The maximum Gasteiger partial charge on any atom is 0.301 e. The van der Waals surface area contributed by atoms with Crippen molar-refractivity contribution in [1.29, 1.82) is 0 Å². The summed E-state index contributed by atoms with van der Waals surface area (Å²) in [6.07, 6.45) is 4.40. The Bertz CT molecular complexity index is 895.